The van der Waals surface area contributed by atoms with Gasteiger partial charge >= 0.3 is 0 Å². The molecule has 11 heteroatoms. The van der Waals surface area contributed by atoms with E-state index >= 15 is 0 Å². The Morgan fingerprint density at radius 3 is 2.59 bits per heavy atom. The molecule has 0 saturated carbocycles. The lowest BCUT2D eigenvalue weighted by atomic mass is 10.0. The Labute approximate surface area is 224 Å². The van der Waals surface area contributed by atoms with E-state index in [4.69, 9.17) is 4.74 Å². The van der Waals surface area contributed by atoms with Crippen molar-refractivity contribution < 1.29 is 18.7 Å². The summed E-state index contributed by atoms with van der Waals surface area (Å²) in [6.07, 6.45) is 3.84. The van der Waals surface area contributed by atoms with Crippen molar-refractivity contribution in [2.24, 2.45) is 7.05 Å². The summed E-state index contributed by atoms with van der Waals surface area (Å²) in [5.41, 5.74) is 3.13. The van der Waals surface area contributed by atoms with Crippen LogP contribution in [-0.4, -0.2) is 63.5 Å². The maximum absolute atomic E-state index is 13.3. The summed E-state index contributed by atoms with van der Waals surface area (Å²) < 4.78 is 20.9. The van der Waals surface area contributed by atoms with Gasteiger partial charge in [-0.2, -0.15) is 0 Å². The van der Waals surface area contributed by atoms with Crippen LogP contribution in [-0.2, 0) is 11.8 Å². The molecule has 39 heavy (non-hydrogen) atoms. The molecule has 2 aliphatic rings. The van der Waals surface area contributed by atoms with Crippen LogP contribution in [0, 0.1) is 12.7 Å². The Morgan fingerprint density at radius 1 is 1.05 bits per heavy atom. The van der Waals surface area contributed by atoms with Gasteiger partial charge in [-0.25, -0.2) is 19.3 Å². The molecule has 2 aliphatic heterocycles. The van der Waals surface area contributed by atoms with E-state index in [9.17, 15) is 14.0 Å². The number of halogens is 1. The average Bonchev–Trinajstić information content (AvgIpc) is 3.26. The number of carbonyl (C=O) groups is 2. The highest BCUT2D eigenvalue weighted by Crippen LogP contribution is 2.36. The number of aromatic nitrogens is 4. The van der Waals surface area contributed by atoms with Crippen LogP contribution in [0.2, 0.25) is 0 Å². The minimum absolute atomic E-state index is 0.00594. The van der Waals surface area contributed by atoms with Crippen molar-refractivity contribution in [1.82, 2.24) is 19.5 Å². The number of nitrogens with one attached hydrogen (secondary N) is 1. The number of pyridine rings is 1. The van der Waals surface area contributed by atoms with Crippen LogP contribution in [0.1, 0.15) is 16.2 Å². The standard InChI is InChI=1S/C28H26FN7O3/c1-17-10-22(18-6-4-3-5-7-18)24(34(17)2)25(37)27(38)33-20-11-23-26(30-14-20)36-9-8-35(15-21(36)16-39-23)28-31-12-19(29)13-32-28/h3-7,10-14,21H,8-9,15-16H2,1-2H3,(H,33,38)/t21-/m1/s1. The quantitative estimate of drug-likeness (QED) is 0.312. The topological polar surface area (TPSA) is 105 Å². The molecule has 1 atom stereocenters. The van der Waals surface area contributed by atoms with Crippen LogP contribution >= 0.6 is 0 Å². The highest BCUT2D eigenvalue weighted by molar-refractivity contribution is 6.47. The number of nitrogens with zero attached hydrogens (tertiary/aromatic N) is 6. The van der Waals surface area contributed by atoms with Crippen molar-refractivity contribution in [3.63, 3.8) is 0 Å². The number of hydrogen-bond acceptors (Lipinski definition) is 8. The molecular formula is C28H26FN7O3. The largest absolute Gasteiger partial charge is 0.487 e. The van der Waals surface area contributed by atoms with Gasteiger partial charge in [-0.1, -0.05) is 30.3 Å². The smallest absolute Gasteiger partial charge is 0.298 e. The Kier molecular flexibility index (Phi) is 6.18. The van der Waals surface area contributed by atoms with Gasteiger partial charge in [0.25, 0.3) is 11.7 Å². The van der Waals surface area contributed by atoms with Gasteiger partial charge in [-0.3, -0.25) is 9.59 Å². The van der Waals surface area contributed by atoms with Gasteiger partial charge in [0.15, 0.2) is 17.4 Å². The molecule has 5 heterocycles. The Bertz CT molecular complexity index is 1560. The zero-order chi connectivity index (χ0) is 27.1. The number of Topliss-reactive ketones (excluding diaryl/α,β-unsaturated/α-hetero) is 1. The van der Waals surface area contributed by atoms with Gasteiger partial charge in [0.05, 0.1) is 30.3 Å². The highest BCUT2D eigenvalue weighted by Gasteiger charge is 2.35. The summed E-state index contributed by atoms with van der Waals surface area (Å²) >= 11 is 0. The number of ketones is 1. The molecule has 1 aromatic carbocycles. The molecule has 0 aliphatic carbocycles. The molecular weight excluding hydrogens is 501 g/mol. The zero-order valence-corrected chi connectivity index (χ0v) is 21.5. The molecule has 3 aromatic heterocycles. The molecule has 1 saturated heterocycles. The Hall–Kier alpha value is -4.80. The molecule has 0 bridgehead atoms. The fourth-order valence-corrected chi connectivity index (χ4v) is 5.08. The second kappa shape index (κ2) is 9.82. The van der Waals surface area contributed by atoms with Crippen molar-refractivity contribution in [3.05, 3.63) is 78.3 Å². The third-order valence-corrected chi connectivity index (χ3v) is 7.15. The molecule has 198 valence electrons. The number of aryl methyl sites for hydroxylation is 1. The van der Waals surface area contributed by atoms with Gasteiger partial charge in [0, 0.05) is 44.0 Å². The predicted octanol–water partition coefficient (Wildman–Crippen LogP) is 3.23. The summed E-state index contributed by atoms with van der Waals surface area (Å²) in [7, 11) is 1.77. The number of piperazine rings is 1. The van der Waals surface area contributed by atoms with Crippen LogP contribution in [0.25, 0.3) is 11.1 Å². The zero-order valence-electron chi connectivity index (χ0n) is 21.5. The molecule has 4 aromatic rings. The number of amides is 1. The number of benzene rings is 1. The predicted molar refractivity (Wildman–Crippen MR) is 144 cm³/mol. The summed E-state index contributed by atoms with van der Waals surface area (Å²) in [6, 6.07) is 13.1. The fourth-order valence-electron chi connectivity index (χ4n) is 5.08. The molecule has 0 radical (unpaired) electrons. The lowest BCUT2D eigenvalue weighted by Crippen LogP contribution is -2.58. The van der Waals surface area contributed by atoms with Crippen molar-refractivity contribution in [3.8, 4) is 16.9 Å². The first-order valence-corrected chi connectivity index (χ1v) is 12.6. The number of hydrogen-bond donors (Lipinski definition) is 1. The van der Waals surface area contributed by atoms with Gasteiger partial charge in [-0.05, 0) is 18.6 Å². The number of carbonyl (C=O) groups excluding carboxylic acids is 2. The SMILES string of the molecule is Cc1cc(-c2ccccc2)c(C(=O)C(=O)Nc2cnc3c(c2)OC[C@H]2CN(c4ncc(F)cn4)CCN32)n1C. The molecule has 1 amide bonds. The highest BCUT2D eigenvalue weighted by atomic mass is 19.1. The molecule has 1 N–H and O–H groups in total. The van der Waals surface area contributed by atoms with Gasteiger partial charge in [0.1, 0.15) is 12.3 Å². The van der Waals surface area contributed by atoms with Crippen LogP contribution in [0.5, 0.6) is 5.75 Å². The number of ether oxygens (including phenoxy) is 1. The Balaban J connectivity index is 1.18. The first-order valence-electron chi connectivity index (χ1n) is 12.6. The molecule has 6 rings (SSSR count). The average molecular weight is 528 g/mol. The van der Waals surface area contributed by atoms with E-state index in [2.05, 4.69) is 25.2 Å². The molecule has 1 fully saturated rings. The summed E-state index contributed by atoms with van der Waals surface area (Å²) in [4.78, 5) is 43.2. The lowest BCUT2D eigenvalue weighted by molar-refractivity contribution is -0.112. The van der Waals surface area contributed by atoms with E-state index in [1.54, 1.807) is 17.7 Å². The van der Waals surface area contributed by atoms with Crippen LogP contribution in [0.4, 0.5) is 21.8 Å². The minimum atomic E-state index is -0.753. The Morgan fingerprint density at radius 2 is 1.82 bits per heavy atom. The van der Waals surface area contributed by atoms with E-state index in [-0.39, 0.29) is 6.04 Å². The van der Waals surface area contributed by atoms with Crippen molar-refractivity contribution in [2.75, 3.05) is 41.4 Å². The van der Waals surface area contributed by atoms with Crippen LogP contribution in [0.15, 0.2) is 61.1 Å². The number of fused-ring (bicyclic) bond motifs is 3. The summed E-state index contributed by atoms with van der Waals surface area (Å²) in [5, 5.41) is 2.69. The van der Waals surface area contributed by atoms with Crippen molar-refractivity contribution >= 4 is 29.1 Å². The van der Waals surface area contributed by atoms with Gasteiger partial charge in [-0.15, -0.1) is 0 Å². The van der Waals surface area contributed by atoms with E-state index in [1.165, 1.54) is 6.20 Å². The van der Waals surface area contributed by atoms with E-state index in [0.717, 1.165) is 23.7 Å². The van der Waals surface area contributed by atoms with Gasteiger partial charge in [0.2, 0.25) is 5.95 Å². The third-order valence-electron chi connectivity index (χ3n) is 7.15. The fraction of sp³-hybridized carbons (Fsp3) is 0.250. The minimum Gasteiger partial charge on any atom is -0.487 e. The molecule has 0 unspecified atom stereocenters. The molecule has 0 spiro atoms. The first-order chi connectivity index (χ1) is 18.9. The number of anilines is 3. The van der Waals surface area contributed by atoms with E-state index in [0.29, 0.717) is 60.7 Å². The van der Waals surface area contributed by atoms with E-state index < -0.39 is 17.5 Å². The van der Waals surface area contributed by atoms with Crippen molar-refractivity contribution in [1.29, 1.82) is 0 Å². The van der Waals surface area contributed by atoms with Crippen molar-refractivity contribution in [2.45, 2.75) is 13.0 Å². The maximum Gasteiger partial charge on any atom is 0.298 e. The second-order valence-electron chi connectivity index (χ2n) is 9.61. The maximum atomic E-state index is 13.3. The second-order valence-corrected chi connectivity index (χ2v) is 9.61. The normalized spacial score (nSPS) is 16.2. The monoisotopic (exact) mass is 527 g/mol. The van der Waals surface area contributed by atoms with Crippen LogP contribution < -0.4 is 19.9 Å². The van der Waals surface area contributed by atoms with Crippen LogP contribution in [0.3, 0.4) is 0 Å². The van der Waals surface area contributed by atoms with E-state index in [1.807, 2.05) is 48.2 Å². The van der Waals surface area contributed by atoms with Gasteiger partial charge < -0.3 is 24.4 Å². The summed E-state index contributed by atoms with van der Waals surface area (Å²) in [5.74, 6) is -0.195. The lowest BCUT2D eigenvalue weighted by Gasteiger charge is -2.44. The third kappa shape index (κ3) is 4.56. The molecule has 10 nitrogen and oxygen atoms in total. The number of rotatable bonds is 5. The summed E-state index contributed by atoms with van der Waals surface area (Å²) in [6.45, 7) is 4.17. The first kappa shape index (κ1) is 24.5.